The number of aryl methyl sites for hydroxylation is 2. The summed E-state index contributed by atoms with van der Waals surface area (Å²) in [6.45, 7) is 7.26. The molecule has 0 aliphatic carbocycles. The van der Waals surface area contributed by atoms with Gasteiger partial charge in [-0.3, -0.25) is 4.90 Å². The molecule has 1 fully saturated rings. The molecule has 2 heterocycles. The zero-order valence-corrected chi connectivity index (χ0v) is 13.7. The Hall–Kier alpha value is -1.95. The van der Waals surface area contributed by atoms with Gasteiger partial charge >= 0.3 is 0 Å². The Bertz CT molecular complexity index is 658. The molecular weight excluding hydrogens is 295 g/mol. The van der Waals surface area contributed by atoms with Crippen molar-refractivity contribution in [3.8, 4) is 5.75 Å². The van der Waals surface area contributed by atoms with Crippen molar-refractivity contribution in [1.82, 2.24) is 19.7 Å². The molecule has 1 aliphatic heterocycles. The fourth-order valence-corrected chi connectivity index (χ4v) is 3.17. The standard InChI is InChI=1S/C17H23FN4O/c1-13-19-14(2)22(20-13)12-16-6-4-8-21(16)9-10-23-17-7-3-5-15(18)11-17/h3,5,7,11,16H,4,6,8-10,12H2,1-2H3/t16-/m0/s1. The predicted octanol–water partition coefficient (Wildman–Crippen LogP) is 2.58. The van der Waals surface area contributed by atoms with Crippen LogP contribution in [0.3, 0.4) is 0 Å². The summed E-state index contributed by atoms with van der Waals surface area (Å²) in [5, 5.41) is 4.45. The van der Waals surface area contributed by atoms with Gasteiger partial charge in [-0.1, -0.05) is 6.07 Å². The van der Waals surface area contributed by atoms with Gasteiger partial charge in [0.2, 0.25) is 0 Å². The number of rotatable bonds is 6. The topological polar surface area (TPSA) is 43.2 Å². The van der Waals surface area contributed by atoms with Gasteiger partial charge in [-0.2, -0.15) is 5.10 Å². The van der Waals surface area contributed by atoms with Crippen LogP contribution in [0.1, 0.15) is 24.5 Å². The van der Waals surface area contributed by atoms with Crippen molar-refractivity contribution < 1.29 is 9.13 Å². The van der Waals surface area contributed by atoms with Gasteiger partial charge in [0.15, 0.2) is 0 Å². The molecule has 2 aromatic rings. The molecule has 1 aromatic heterocycles. The summed E-state index contributed by atoms with van der Waals surface area (Å²) in [4.78, 5) is 6.79. The lowest BCUT2D eigenvalue weighted by Gasteiger charge is -2.24. The second-order valence-corrected chi connectivity index (χ2v) is 6.03. The Morgan fingerprint density at radius 2 is 2.22 bits per heavy atom. The fraction of sp³-hybridized carbons (Fsp3) is 0.529. The van der Waals surface area contributed by atoms with E-state index in [1.54, 1.807) is 12.1 Å². The van der Waals surface area contributed by atoms with Gasteiger partial charge in [-0.15, -0.1) is 0 Å². The van der Waals surface area contributed by atoms with Gasteiger partial charge in [0, 0.05) is 18.7 Å². The van der Waals surface area contributed by atoms with E-state index in [2.05, 4.69) is 15.0 Å². The maximum atomic E-state index is 13.1. The number of benzene rings is 1. The molecular formula is C17H23FN4O. The Labute approximate surface area is 136 Å². The zero-order chi connectivity index (χ0) is 16.2. The molecule has 0 radical (unpaired) electrons. The maximum absolute atomic E-state index is 13.1. The van der Waals surface area contributed by atoms with Crippen molar-refractivity contribution in [1.29, 1.82) is 0 Å². The highest BCUT2D eigenvalue weighted by atomic mass is 19.1. The van der Waals surface area contributed by atoms with Crippen molar-refractivity contribution in [3.63, 3.8) is 0 Å². The lowest BCUT2D eigenvalue weighted by molar-refractivity contribution is 0.181. The van der Waals surface area contributed by atoms with Crippen LogP contribution in [0.25, 0.3) is 0 Å². The van der Waals surface area contributed by atoms with Crippen molar-refractivity contribution in [2.75, 3.05) is 19.7 Å². The van der Waals surface area contributed by atoms with Crippen molar-refractivity contribution in [2.24, 2.45) is 0 Å². The molecule has 23 heavy (non-hydrogen) atoms. The minimum atomic E-state index is -0.265. The highest BCUT2D eigenvalue weighted by Gasteiger charge is 2.25. The first-order chi connectivity index (χ1) is 11.1. The van der Waals surface area contributed by atoms with Crippen LogP contribution in [0.2, 0.25) is 0 Å². The van der Waals surface area contributed by atoms with Crippen molar-refractivity contribution in [2.45, 2.75) is 39.3 Å². The molecule has 3 rings (SSSR count). The van der Waals surface area contributed by atoms with E-state index in [1.807, 2.05) is 18.5 Å². The molecule has 0 amide bonds. The average molecular weight is 318 g/mol. The summed E-state index contributed by atoms with van der Waals surface area (Å²) in [6, 6.07) is 6.76. The third kappa shape index (κ3) is 4.07. The van der Waals surface area contributed by atoms with Gasteiger partial charge in [0.05, 0.1) is 6.54 Å². The number of aromatic nitrogens is 3. The molecule has 0 bridgehead atoms. The minimum Gasteiger partial charge on any atom is -0.492 e. The number of halogens is 1. The van der Waals surface area contributed by atoms with E-state index in [4.69, 9.17) is 4.74 Å². The summed E-state index contributed by atoms with van der Waals surface area (Å²) in [7, 11) is 0. The van der Waals surface area contributed by atoms with Crippen LogP contribution >= 0.6 is 0 Å². The van der Waals surface area contributed by atoms with Crippen molar-refractivity contribution in [3.05, 3.63) is 41.7 Å². The Kier molecular flexibility index (Phi) is 4.91. The highest BCUT2D eigenvalue weighted by molar-refractivity contribution is 5.22. The van der Waals surface area contributed by atoms with Gasteiger partial charge in [0.1, 0.15) is 29.8 Å². The summed E-state index contributed by atoms with van der Waals surface area (Å²) >= 11 is 0. The number of nitrogens with zero attached hydrogens (tertiary/aromatic N) is 4. The first-order valence-corrected chi connectivity index (χ1v) is 8.12. The van der Waals surface area contributed by atoms with E-state index < -0.39 is 0 Å². The largest absolute Gasteiger partial charge is 0.492 e. The SMILES string of the molecule is Cc1nc(C)n(C[C@@H]2CCCN2CCOc2cccc(F)c2)n1. The van der Waals surface area contributed by atoms with Crippen LogP contribution in [-0.2, 0) is 6.54 Å². The molecule has 1 aliphatic rings. The maximum Gasteiger partial charge on any atom is 0.147 e. The van der Waals surface area contributed by atoms with E-state index in [-0.39, 0.29) is 5.82 Å². The minimum absolute atomic E-state index is 0.265. The smallest absolute Gasteiger partial charge is 0.147 e. The molecule has 5 nitrogen and oxygen atoms in total. The lowest BCUT2D eigenvalue weighted by Crippen LogP contribution is -2.36. The molecule has 0 spiro atoms. The summed E-state index contributed by atoms with van der Waals surface area (Å²) in [6.07, 6.45) is 2.36. The average Bonchev–Trinajstić information content (AvgIpc) is 3.06. The van der Waals surface area contributed by atoms with E-state index >= 15 is 0 Å². The van der Waals surface area contributed by atoms with Crippen LogP contribution in [0.5, 0.6) is 5.75 Å². The quantitative estimate of drug-likeness (QED) is 0.821. The first kappa shape index (κ1) is 15.9. The number of hydrogen-bond donors (Lipinski definition) is 0. The van der Waals surface area contributed by atoms with E-state index in [0.717, 1.165) is 37.7 Å². The Morgan fingerprint density at radius 3 is 2.96 bits per heavy atom. The Balaban J connectivity index is 1.52. The normalized spacial score (nSPS) is 18.5. The molecule has 0 N–H and O–H groups in total. The molecule has 0 saturated carbocycles. The molecule has 6 heteroatoms. The van der Waals surface area contributed by atoms with E-state index in [0.29, 0.717) is 18.4 Å². The highest BCUT2D eigenvalue weighted by Crippen LogP contribution is 2.19. The number of hydrogen-bond acceptors (Lipinski definition) is 4. The van der Waals surface area contributed by atoms with Crippen LogP contribution in [-0.4, -0.2) is 45.4 Å². The van der Waals surface area contributed by atoms with Gasteiger partial charge in [-0.25, -0.2) is 14.1 Å². The van der Waals surface area contributed by atoms with Crippen LogP contribution in [0, 0.1) is 19.7 Å². The lowest BCUT2D eigenvalue weighted by atomic mass is 10.2. The van der Waals surface area contributed by atoms with Crippen LogP contribution in [0.4, 0.5) is 4.39 Å². The van der Waals surface area contributed by atoms with Crippen molar-refractivity contribution >= 4 is 0 Å². The summed E-state index contributed by atoms with van der Waals surface area (Å²) in [5.74, 6) is 2.11. The molecule has 124 valence electrons. The predicted molar refractivity (Wildman–Crippen MR) is 86.0 cm³/mol. The molecule has 1 saturated heterocycles. The molecule has 1 aromatic carbocycles. The third-order valence-electron chi connectivity index (χ3n) is 4.29. The number of likely N-dealkylation sites (tertiary alicyclic amines) is 1. The third-order valence-corrected chi connectivity index (χ3v) is 4.29. The zero-order valence-electron chi connectivity index (χ0n) is 13.7. The molecule has 1 atom stereocenters. The summed E-state index contributed by atoms with van der Waals surface area (Å²) in [5.41, 5.74) is 0. The fourth-order valence-electron chi connectivity index (χ4n) is 3.17. The number of ether oxygens (including phenoxy) is 1. The van der Waals surface area contributed by atoms with Gasteiger partial charge in [0.25, 0.3) is 0 Å². The summed E-state index contributed by atoms with van der Waals surface area (Å²) < 4.78 is 20.8. The van der Waals surface area contributed by atoms with E-state index in [9.17, 15) is 4.39 Å². The second-order valence-electron chi connectivity index (χ2n) is 6.03. The van der Waals surface area contributed by atoms with E-state index in [1.165, 1.54) is 18.6 Å². The monoisotopic (exact) mass is 318 g/mol. The van der Waals surface area contributed by atoms with Crippen LogP contribution in [0.15, 0.2) is 24.3 Å². The molecule has 0 unspecified atom stereocenters. The van der Waals surface area contributed by atoms with Gasteiger partial charge in [-0.05, 0) is 45.4 Å². The second kappa shape index (κ2) is 7.08. The first-order valence-electron chi connectivity index (χ1n) is 8.12. The Morgan fingerprint density at radius 1 is 1.35 bits per heavy atom. The van der Waals surface area contributed by atoms with Gasteiger partial charge < -0.3 is 4.74 Å². The van der Waals surface area contributed by atoms with Crippen LogP contribution < -0.4 is 4.74 Å².